The minimum Gasteiger partial charge on any atom is -0.326 e. The molecule has 2 aromatic rings. The first-order valence-electron chi connectivity index (χ1n) is 8.45. The lowest BCUT2D eigenvalue weighted by Crippen LogP contribution is -2.38. The third-order valence-corrected chi connectivity index (χ3v) is 5.28. The van der Waals surface area contributed by atoms with Gasteiger partial charge in [-0.3, -0.25) is 9.59 Å². The van der Waals surface area contributed by atoms with Crippen molar-refractivity contribution in [3.8, 4) is 0 Å². The summed E-state index contributed by atoms with van der Waals surface area (Å²) in [6, 6.07) is 15.6. The SMILES string of the molecule is Cc1ccc(NC(=O)CCC(=O)N2C[C@H](C)Sc3ccccc32)cc1. The highest BCUT2D eigenvalue weighted by molar-refractivity contribution is 8.00. The van der Waals surface area contributed by atoms with Crippen LogP contribution < -0.4 is 10.2 Å². The van der Waals surface area contributed by atoms with Crippen molar-refractivity contribution in [2.24, 2.45) is 0 Å². The number of rotatable bonds is 4. The van der Waals surface area contributed by atoms with Crippen molar-refractivity contribution in [1.82, 2.24) is 0 Å². The zero-order chi connectivity index (χ0) is 17.8. The quantitative estimate of drug-likeness (QED) is 0.893. The van der Waals surface area contributed by atoms with E-state index in [9.17, 15) is 9.59 Å². The molecule has 0 fully saturated rings. The van der Waals surface area contributed by atoms with Crippen molar-refractivity contribution in [3.63, 3.8) is 0 Å². The topological polar surface area (TPSA) is 49.4 Å². The second-order valence-corrected chi connectivity index (χ2v) is 7.80. The van der Waals surface area contributed by atoms with Gasteiger partial charge in [-0.05, 0) is 31.2 Å². The summed E-state index contributed by atoms with van der Waals surface area (Å²) in [4.78, 5) is 27.7. The summed E-state index contributed by atoms with van der Waals surface area (Å²) >= 11 is 1.79. The van der Waals surface area contributed by atoms with Crippen molar-refractivity contribution in [1.29, 1.82) is 0 Å². The molecule has 5 heteroatoms. The maximum Gasteiger partial charge on any atom is 0.227 e. The lowest BCUT2D eigenvalue weighted by Gasteiger charge is -2.32. The number of benzene rings is 2. The van der Waals surface area contributed by atoms with Crippen molar-refractivity contribution in [2.75, 3.05) is 16.8 Å². The molecule has 0 unspecified atom stereocenters. The van der Waals surface area contributed by atoms with E-state index in [0.717, 1.165) is 21.8 Å². The van der Waals surface area contributed by atoms with Gasteiger partial charge in [0.1, 0.15) is 0 Å². The van der Waals surface area contributed by atoms with Gasteiger partial charge in [-0.15, -0.1) is 11.8 Å². The normalized spacial score (nSPS) is 16.2. The molecule has 0 saturated carbocycles. The molecule has 1 aliphatic rings. The standard InChI is InChI=1S/C20H22N2O2S/c1-14-7-9-16(10-8-14)21-19(23)11-12-20(24)22-13-15(2)25-18-6-4-3-5-17(18)22/h3-10,15H,11-13H2,1-2H3,(H,21,23)/t15-/m0/s1. The zero-order valence-corrected chi connectivity index (χ0v) is 15.3. The Morgan fingerprint density at radius 2 is 1.84 bits per heavy atom. The third-order valence-electron chi connectivity index (χ3n) is 4.13. The summed E-state index contributed by atoms with van der Waals surface area (Å²) in [6.07, 6.45) is 0.399. The number of hydrogen-bond donors (Lipinski definition) is 1. The Labute approximate surface area is 152 Å². The minimum absolute atomic E-state index is 0.00124. The predicted octanol–water partition coefficient (Wildman–Crippen LogP) is 4.24. The van der Waals surface area contributed by atoms with Crippen LogP contribution in [0, 0.1) is 6.92 Å². The molecule has 0 aliphatic carbocycles. The molecule has 1 N–H and O–H groups in total. The molecule has 0 saturated heterocycles. The highest BCUT2D eigenvalue weighted by atomic mass is 32.2. The van der Waals surface area contributed by atoms with Gasteiger partial charge in [0.25, 0.3) is 0 Å². The first kappa shape index (κ1) is 17.5. The number of thioether (sulfide) groups is 1. The van der Waals surface area contributed by atoms with Crippen LogP contribution >= 0.6 is 11.8 Å². The monoisotopic (exact) mass is 354 g/mol. The molecule has 130 valence electrons. The number of carbonyl (C=O) groups excluding carboxylic acids is 2. The molecule has 2 amide bonds. The average Bonchev–Trinajstić information content (AvgIpc) is 2.61. The molecule has 4 nitrogen and oxygen atoms in total. The van der Waals surface area contributed by atoms with E-state index in [1.165, 1.54) is 0 Å². The molecule has 0 radical (unpaired) electrons. The van der Waals surface area contributed by atoms with Gasteiger partial charge in [-0.25, -0.2) is 0 Å². The Bertz CT molecular complexity index is 774. The highest BCUT2D eigenvalue weighted by Crippen LogP contribution is 2.38. The second-order valence-electron chi connectivity index (χ2n) is 6.31. The first-order valence-corrected chi connectivity index (χ1v) is 9.33. The van der Waals surface area contributed by atoms with E-state index >= 15 is 0 Å². The molecular weight excluding hydrogens is 332 g/mol. The summed E-state index contributed by atoms with van der Waals surface area (Å²) in [6.45, 7) is 4.80. The number of hydrogen-bond acceptors (Lipinski definition) is 3. The molecule has 0 aromatic heterocycles. The van der Waals surface area contributed by atoms with Crippen molar-refractivity contribution >= 4 is 35.0 Å². The molecule has 1 aliphatic heterocycles. The van der Waals surface area contributed by atoms with Crippen LogP contribution in [-0.2, 0) is 9.59 Å². The van der Waals surface area contributed by atoms with Crippen LogP contribution in [0.1, 0.15) is 25.3 Å². The Hall–Kier alpha value is -2.27. The van der Waals surface area contributed by atoms with E-state index in [1.807, 2.05) is 60.4 Å². The van der Waals surface area contributed by atoms with Crippen LogP contribution in [0.5, 0.6) is 0 Å². The summed E-state index contributed by atoms with van der Waals surface area (Å²) in [5, 5.41) is 3.19. The summed E-state index contributed by atoms with van der Waals surface area (Å²) in [7, 11) is 0. The zero-order valence-electron chi connectivity index (χ0n) is 14.5. The molecule has 1 atom stereocenters. The van der Waals surface area contributed by atoms with Gasteiger partial charge in [0, 0.05) is 35.2 Å². The summed E-state index contributed by atoms with van der Waals surface area (Å²) < 4.78 is 0. The molecule has 0 bridgehead atoms. The molecule has 1 heterocycles. The van der Waals surface area contributed by atoms with Gasteiger partial charge in [-0.2, -0.15) is 0 Å². The summed E-state index contributed by atoms with van der Waals surface area (Å²) in [5.41, 5.74) is 2.86. The number of nitrogens with zero attached hydrogens (tertiary/aromatic N) is 1. The van der Waals surface area contributed by atoms with Gasteiger partial charge in [0.2, 0.25) is 11.8 Å². The van der Waals surface area contributed by atoms with E-state index < -0.39 is 0 Å². The number of anilines is 2. The average molecular weight is 354 g/mol. The van der Waals surface area contributed by atoms with E-state index in [0.29, 0.717) is 11.8 Å². The maximum atomic E-state index is 12.6. The number of fused-ring (bicyclic) bond motifs is 1. The van der Waals surface area contributed by atoms with Crippen LogP contribution in [0.2, 0.25) is 0 Å². The number of nitrogens with one attached hydrogen (secondary N) is 1. The van der Waals surface area contributed by atoms with E-state index in [1.54, 1.807) is 11.8 Å². The Morgan fingerprint density at radius 1 is 1.12 bits per heavy atom. The fourth-order valence-electron chi connectivity index (χ4n) is 2.84. The molecule has 2 aromatic carbocycles. The fourth-order valence-corrected chi connectivity index (χ4v) is 3.95. The van der Waals surface area contributed by atoms with Crippen LogP contribution in [0.15, 0.2) is 53.4 Å². The predicted molar refractivity (Wildman–Crippen MR) is 103 cm³/mol. The van der Waals surface area contributed by atoms with E-state index in [4.69, 9.17) is 0 Å². The number of amides is 2. The van der Waals surface area contributed by atoms with Crippen molar-refractivity contribution < 1.29 is 9.59 Å². The van der Waals surface area contributed by atoms with Crippen LogP contribution in [0.25, 0.3) is 0 Å². The van der Waals surface area contributed by atoms with Gasteiger partial charge in [-0.1, -0.05) is 36.8 Å². The number of aryl methyl sites for hydroxylation is 1. The van der Waals surface area contributed by atoms with Crippen molar-refractivity contribution in [3.05, 3.63) is 54.1 Å². The number of carbonyl (C=O) groups is 2. The van der Waals surface area contributed by atoms with Crippen LogP contribution in [0.3, 0.4) is 0 Å². The van der Waals surface area contributed by atoms with Crippen LogP contribution in [-0.4, -0.2) is 23.6 Å². The maximum absolute atomic E-state index is 12.6. The Morgan fingerprint density at radius 3 is 2.60 bits per heavy atom. The minimum atomic E-state index is -0.134. The molecule has 3 rings (SSSR count). The lowest BCUT2D eigenvalue weighted by atomic mass is 10.2. The van der Waals surface area contributed by atoms with Gasteiger partial charge in [0.05, 0.1) is 5.69 Å². The van der Waals surface area contributed by atoms with Crippen molar-refractivity contribution in [2.45, 2.75) is 36.8 Å². The van der Waals surface area contributed by atoms with Gasteiger partial charge < -0.3 is 10.2 Å². The largest absolute Gasteiger partial charge is 0.326 e. The molecule has 25 heavy (non-hydrogen) atoms. The molecular formula is C20H22N2O2S. The van der Waals surface area contributed by atoms with E-state index in [-0.39, 0.29) is 24.7 Å². The van der Waals surface area contributed by atoms with Gasteiger partial charge in [0.15, 0.2) is 0 Å². The molecule has 0 spiro atoms. The second kappa shape index (κ2) is 7.74. The lowest BCUT2D eigenvalue weighted by molar-refractivity contribution is -0.122. The fraction of sp³-hybridized carbons (Fsp3) is 0.300. The Kier molecular flexibility index (Phi) is 5.43. The Balaban J connectivity index is 1.59. The van der Waals surface area contributed by atoms with E-state index in [2.05, 4.69) is 12.2 Å². The first-order chi connectivity index (χ1) is 12.0. The third kappa shape index (κ3) is 4.42. The smallest absolute Gasteiger partial charge is 0.227 e. The van der Waals surface area contributed by atoms with Crippen LogP contribution in [0.4, 0.5) is 11.4 Å². The summed E-state index contributed by atoms with van der Waals surface area (Å²) in [5.74, 6) is -0.136. The van der Waals surface area contributed by atoms with Gasteiger partial charge >= 0.3 is 0 Å². The highest BCUT2D eigenvalue weighted by Gasteiger charge is 2.26. The number of para-hydroxylation sites is 1.